The third-order valence-electron chi connectivity index (χ3n) is 3.89. The minimum Gasteiger partial charge on any atom is -0.493 e. The smallest absolute Gasteiger partial charge is 0.163 e. The van der Waals surface area contributed by atoms with Crippen LogP contribution in [0.4, 0.5) is 0 Å². The number of nitrogens with zero attached hydrogens (tertiary/aromatic N) is 2. The van der Waals surface area contributed by atoms with E-state index in [-0.39, 0.29) is 0 Å². The molecule has 3 rings (SSSR count). The van der Waals surface area contributed by atoms with Gasteiger partial charge in [-0.2, -0.15) is 11.8 Å². The number of imidazole rings is 1. The van der Waals surface area contributed by atoms with Gasteiger partial charge in [0.2, 0.25) is 0 Å². The van der Waals surface area contributed by atoms with E-state index < -0.39 is 0 Å². The van der Waals surface area contributed by atoms with E-state index in [0.29, 0.717) is 17.7 Å². The second kappa shape index (κ2) is 6.36. The summed E-state index contributed by atoms with van der Waals surface area (Å²) in [7, 11) is 3.30. The Hall–Kier alpha value is -1.07. The predicted octanol–water partition coefficient (Wildman–Crippen LogP) is 3.86. The molecule has 0 aliphatic carbocycles. The van der Waals surface area contributed by atoms with Crippen LogP contribution in [0.1, 0.15) is 24.7 Å². The molecule has 1 fully saturated rings. The predicted molar refractivity (Wildman–Crippen MR) is 88.0 cm³/mol. The number of benzene rings is 1. The first kappa shape index (κ1) is 14.9. The van der Waals surface area contributed by atoms with Crippen LogP contribution in [0.2, 0.25) is 0 Å². The lowest BCUT2D eigenvalue weighted by Crippen LogP contribution is -2.18. The van der Waals surface area contributed by atoms with Gasteiger partial charge in [0.05, 0.1) is 31.1 Å². The molecule has 1 aromatic heterocycles. The monoisotopic (exact) mass is 326 g/mol. The van der Waals surface area contributed by atoms with Crippen molar-refractivity contribution in [3.63, 3.8) is 0 Å². The molecule has 1 atom stereocenters. The second-order valence-electron chi connectivity index (χ2n) is 5.10. The van der Waals surface area contributed by atoms with Gasteiger partial charge in [-0.3, -0.25) is 0 Å². The SMILES string of the molecule is COc1cc2nc(CCl)n(C3CCCSC3)c2cc1OC. The van der Waals surface area contributed by atoms with E-state index in [4.69, 9.17) is 21.1 Å². The van der Waals surface area contributed by atoms with Gasteiger partial charge in [0.1, 0.15) is 5.82 Å². The van der Waals surface area contributed by atoms with Gasteiger partial charge in [-0.25, -0.2) is 4.98 Å². The molecule has 1 aliphatic heterocycles. The Kier molecular flexibility index (Phi) is 4.50. The Morgan fingerprint density at radius 2 is 2.10 bits per heavy atom. The Balaban J connectivity index is 2.16. The highest BCUT2D eigenvalue weighted by Gasteiger charge is 2.22. The second-order valence-corrected chi connectivity index (χ2v) is 6.52. The number of halogens is 1. The van der Waals surface area contributed by atoms with E-state index in [9.17, 15) is 0 Å². The number of hydrogen-bond donors (Lipinski definition) is 0. The molecule has 114 valence electrons. The first-order valence-corrected chi connectivity index (χ1v) is 8.74. The third kappa shape index (κ3) is 2.69. The molecule has 0 spiro atoms. The maximum Gasteiger partial charge on any atom is 0.163 e. The first-order valence-electron chi connectivity index (χ1n) is 7.05. The van der Waals surface area contributed by atoms with E-state index in [2.05, 4.69) is 9.55 Å². The lowest BCUT2D eigenvalue weighted by Gasteiger charge is -2.25. The van der Waals surface area contributed by atoms with Crippen LogP contribution in [0.5, 0.6) is 11.5 Å². The van der Waals surface area contributed by atoms with Gasteiger partial charge in [0.25, 0.3) is 0 Å². The molecule has 1 aliphatic rings. The Labute approximate surface area is 133 Å². The van der Waals surface area contributed by atoms with Crippen LogP contribution in [-0.2, 0) is 5.88 Å². The molecule has 0 amide bonds. The van der Waals surface area contributed by atoms with Crippen LogP contribution < -0.4 is 9.47 Å². The van der Waals surface area contributed by atoms with E-state index in [1.54, 1.807) is 14.2 Å². The lowest BCUT2D eigenvalue weighted by atomic mass is 10.1. The number of thioether (sulfide) groups is 1. The number of alkyl halides is 1. The fourth-order valence-electron chi connectivity index (χ4n) is 2.90. The number of ether oxygens (including phenoxy) is 2. The minimum absolute atomic E-state index is 0.417. The van der Waals surface area contributed by atoms with Gasteiger partial charge in [-0.15, -0.1) is 11.6 Å². The fraction of sp³-hybridized carbons (Fsp3) is 0.533. The maximum absolute atomic E-state index is 6.12. The topological polar surface area (TPSA) is 36.3 Å². The van der Waals surface area contributed by atoms with Gasteiger partial charge in [-0.05, 0) is 18.6 Å². The van der Waals surface area contributed by atoms with Crippen molar-refractivity contribution in [3.05, 3.63) is 18.0 Å². The van der Waals surface area contributed by atoms with Crippen molar-refractivity contribution < 1.29 is 9.47 Å². The number of hydrogen-bond acceptors (Lipinski definition) is 4. The van der Waals surface area contributed by atoms with Crippen LogP contribution in [0, 0.1) is 0 Å². The molecular formula is C15H19ClN2O2S. The lowest BCUT2D eigenvalue weighted by molar-refractivity contribution is 0.355. The molecule has 1 aromatic carbocycles. The van der Waals surface area contributed by atoms with Crippen molar-refractivity contribution in [1.29, 1.82) is 0 Å². The highest BCUT2D eigenvalue weighted by atomic mass is 35.5. The number of methoxy groups -OCH3 is 2. The Morgan fingerprint density at radius 3 is 2.71 bits per heavy atom. The summed E-state index contributed by atoms with van der Waals surface area (Å²) >= 11 is 8.12. The standard InChI is InChI=1S/C15H19ClN2O2S/c1-19-13-6-11-12(7-14(13)20-2)18(15(8-16)17-11)10-4-3-5-21-9-10/h6-7,10H,3-5,8-9H2,1-2H3. The van der Waals surface area contributed by atoms with Crippen molar-refractivity contribution in [2.75, 3.05) is 25.7 Å². The summed E-state index contributed by atoms with van der Waals surface area (Å²) in [5.41, 5.74) is 2.00. The maximum atomic E-state index is 6.12. The van der Waals surface area contributed by atoms with Crippen LogP contribution in [0.3, 0.4) is 0 Å². The van der Waals surface area contributed by atoms with Crippen LogP contribution in [0.15, 0.2) is 12.1 Å². The van der Waals surface area contributed by atoms with Crippen molar-refractivity contribution in [1.82, 2.24) is 9.55 Å². The van der Waals surface area contributed by atoms with Crippen LogP contribution in [-0.4, -0.2) is 35.3 Å². The summed E-state index contributed by atoms with van der Waals surface area (Å²) in [6.07, 6.45) is 2.42. The molecule has 6 heteroatoms. The molecule has 0 N–H and O–H groups in total. The van der Waals surface area contributed by atoms with Crippen molar-refractivity contribution in [3.8, 4) is 11.5 Å². The van der Waals surface area contributed by atoms with E-state index in [0.717, 1.165) is 28.4 Å². The number of aromatic nitrogens is 2. The summed E-state index contributed by atoms with van der Waals surface area (Å²) < 4.78 is 13.1. The van der Waals surface area contributed by atoms with Gasteiger partial charge in [0.15, 0.2) is 11.5 Å². The zero-order valence-electron chi connectivity index (χ0n) is 12.3. The number of rotatable bonds is 4. The Morgan fingerprint density at radius 1 is 1.33 bits per heavy atom. The molecule has 0 bridgehead atoms. The first-order chi connectivity index (χ1) is 10.3. The zero-order valence-corrected chi connectivity index (χ0v) is 13.8. The van der Waals surface area contributed by atoms with E-state index in [1.807, 2.05) is 23.9 Å². The molecule has 0 radical (unpaired) electrons. The molecular weight excluding hydrogens is 308 g/mol. The summed E-state index contributed by atoms with van der Waals surface area (Å²) in [4.78, 5) is 4.68. The molecule has 1 unspecified atom stereocenters. The van der Waals surface area contributed by atoms with Crippen molar-refractivity contribution in [2.45, 2.75) is 24.8 Å². The average Bonchev–Trinajstić information content (AvgIpc) is 2.91. The molecule has 2 heterocycles. The van der Waals surface area contributed by atoms with Crippen LogP contribution >= 0.6 is 23.4 Å². The quantitative estimate of drug-likeness (QED) is 0.799. The molecule has 0 saturated carbocycles. The largest absolute Gasteiger partial charge is 0.493 e. The fourth-order valence-corrected chi connectivity index (χ4v) is 4.21. The minimum atomic E-state index is 0.417. The number of fused-ring (bicyclic) bond motifs is 1. The van der Waals surface area contributed by atoms with Crippen LogP contribution in [0.25, 0.3) is 11.0 Å². The van der Waals surface area contributed by atoms with E-state index in [1.165, 1.54) is 18.6 Å². The zero-order chi connectivity index (χ0) is 14.8. The molecule has 4 nitrogen and oxygen atoms in total. The summed E-state index contributed by atoms with van der Waals surface area (Å²) in [6.45, 7) is 0. The van der Waals surface area contributed by atoms with Crippen molar-refractivity contribution >= 4 is 34.4 Å². The van der Waals surface area contributed by atoms with Gasteiger partial charge in [0, 0.05) is 23.9 Å². The summed E-state index contributed by atoms with van der Waals surface area (Å²) in [5.74, 6) is 5.14. The van der Waals surface area contributed by atoms with Gasteiger partial charge >= 0.3 is 0 Å². The summed E-state index contributed by atoms with van der Waals surface area (Å²) in [5, 5.41) is 0. The average molecular weight is 327 g/mol. The third-order valence-corrected chi connectivity index (χ3v) is 5.33. The van der Waals surface area contributed by atoms with E-state index >= 15 is 0 Å². The molecule has 1 saturated heterocycles. The van der Waals surface area contributed by atoms with Gasteiger partial charge in [-0.1, -0.05) is 0 Å². The highest BCUT2D eigenvalue weighted by Crippen LogP contribution is 2.36. The Bertz CT molecular complexity index is 638. The highest BCUT2D eigenvalue weighted by molar-refractivity contribution is 7.99. The summed E-state index contributed by atoms with van der Waals surface area (Å²) in [6, 6.07) is 4.40. The normalized spacial score (nSPS) is 18.9. The molecule has 2 aromatic rings. The van der Waals surface area contributed by atoms with Gasteiger partial charge < -0.3 is 14.0 Å². The van der Waals surface area contributed by atoms with Crippen molar-refractivity contribution in [2.24, 2.45) is 0 Å². The molecule has 21 heavy (non-hydrogen) atoms.